The molecule has 0 radical (unpaired) electrons. The third-order valence-electron chi connectivity index (χ3n) is 6.57. The van der Waals surface area contributed by atoms with Crippen molar-refractivity contribution in [1.29, 1.82) is 0 Å². The third-order valence-corrected chi connectivity index (χ3v) is 6.57. The molecule has 0 heterocycles. The molecule has 0 aromatic heterocycles. The zero-order valence-corrected chi connectivity index (χ0v) is 22.2. The van der Waals surface area contributed by atoms with Crippen LogP contribution in [0.1, 0.15) is 70.9 Å². The van der Waals surface area contributed by atoms with Crippen LogP contribution in [0, 0.1) is 11.8 Å². The summed E-state index contributed by atoms with van der Waals surface area (Å²) in [5.74, 6) is 3.46. The van der Waals surface area contributed by atoms with Crippen molar-refractivity contribution in [3.8, 4) is 11.5 Å². The fourth-order valence-corrected chi connectivity index (χ4v) is 4.64. The minimum atomic E-state index is -0.364. The van der Waals surface area contributed by atoms with E-state index in [4.69, 9.17) is 19.9 Å². The summed E-state index contributed by atoms with van der Waals surface area (Å²) >= 11 is 0. The Kier molecular flexibility index (Phi) is 9.59. The monoisotopic (exact) mass is 477 g/mol. The van der Waals surface area contributed by atoms with Gasteiger partial charge < -0.3 is 19.9 Å². The van der Waals surface area contributed by atoms with Crippen molar-refractivity contribution >= 4 is 0 Å². The minimum absolute atomic E-state index is 0.272. The Morgan fingerprint density at radius 3 is 2.09 bits per heavy atom. The van der Waals surface area contributed by atoms with Crippen molar-refractivity contribution in [1.82, 2.24) is 0 Å². The van der Waals surface area contributed by atoms with E-state index in [9.17, 15) is 0 Å². The summed E-state index contributed by atoms with van der Waals surface area (Å²) in [6, 6.07) is 16.6. The summed E-state index contributed by atoms with van der Waals surface area (Å²) in [6.07, 6.45) is 9.43. The molecule has 190 valence electrons. The van der Waals surface area contributed by atoms with Crippen LogP contribution >= 0.6 is 0 Å². The number of ether oxygens (including phenoxy) is 3. The van der Waals surface area contributed by atoms with E-state index in [0.717, 1.165) is 17.9 Å². The van der Waals surface area contributed by atoms with Gasteiger partial charge in [0.1, 0.15) is 18.1 Å². The van der Waals surface area contributed by atoms with Gasteiger partial charge in [-0.05, 0) is 74.4 Å². The summed E-state index contributed by atoms with van der Waals surface area (Å²) in [5, 5.41) is 0. The van der Waals surface area contributed by atoms with Gasteiger partial charge in [0.05, 0.1) is 6.61 Å². The van der Waals surface area contributed by atoms with Gasteiger partial charge in [-0.15, -0.1) is 0 Å². The molecule has 0 fully saturated rings. The Morgan fingerprint density at radius 2 is 1.49 bits per heavy atom. The predicted molar refractivity (Wildman–Crippen MR) is 145 cm³/mol. The van der Waals surface area contributed by atoms with Crippen molar-refractivity contribution < 1.29 is 14.2 Å². The maximum absolute atomic E-state index is 6.47. The highest BCUT2D eigenvalue weighted by atomic mass is 16.7. The third kappa shape index (κ3) is 8.26. The second kappa shape index (κ2) is 12.4. The van der Waals surface area contributed by atoms with Gasteiger partial charge in [-0.1, -0.05) is 69.3 Å². The summed E-state index contributed by atoms with van der Waals surface area (Å²) < 4.78 is 17.6. The lowest BCUT2D eigenvalue weighted by atomic mass is 9.77. The zero-order valence-electron chi connectivity index (χ0n) is 22.2. The molecule has 4 atom stereocenters. The van der Waals surface area contributed by atoms with Crippen LogP contribution in [0.4, 0.5) is 0 Å². The molecule has 0 amide bonds. The highest BCUT2D eigenvalue weighted by Crippen LogP contribution is 2.33. The lowest BCUT2D eigenvalue weighted by Gasteiger charge is -2.32. The van der Waals surface area contributed by atoms with Crippen molar-refractivity contribution in [2.24, 2.45) is 17.6 Å². The largest absolute Gasteiger partial charge is 0.491 e. The Morgan fingerprint density at radius 1 is 0.857 bits per heavy atom. The Hall–Kier alpha value is -2.56. The van der Waals surface area contributed by atoms with Crippen molar-refractivity contribution in [3.05, 3.63) is 84.0 Å². The summed E-state index contributed by atoms with van der Waals surface area (Å²) in [5.41, 5.74) is 8.75. The number of nitrogens with two attached hydrogens (primary N) is 1. The predicted octanol–water partition coefficient (Wildman–Crippen LogP) is 7.22. The highest BCUT2D eigenvalue weighted by Gasteiger charge is 2.27. The topological polar surface area (TPSA) is 53.7 Å². The van der Waals surface area contributed by atoms with E-state index in [-0.39, 0.29) is 11.8 Å². The van der Waals surface area contributed by atoms with Gasteiger partial charge in [0, 0.05) is 17.4 Å². The second-order valence-corrected chi connectivity index (χ2v) is 10.7. The molecule has 35 heavy (non-hydrogen) atoms. The quantitative estimate of drug-likeness (QED) is 0.259. The zero-order chi connectivity index (χ0) is 25.4. The van der Waals surface area contributed by atoms with Gasteiger partial charge in [0.15, 0.2) is 6.29 Å². The number of allylic oxidation sites excluding steroid dienone is 4. The average molecular weight is 478 g/mol. The molecule has 0 bridgehead atoms. The van der Waals surface area contributed by atoms with Crippen molar-refractivity contribution in [2.45, 2.75) is 71.6 Å². The smallest absolute Gasteiger partial charge is 0.197 e. The molecular weight excluding hydrogens is 434 g/mol. The normalized spacial score (nSPS) is 19.5. The van der Waals surface area contributed by atoms with Crippen LogP contribution in [0.15, 0.2) is 72.8 Å². The Labute approximate surface area is 212 Å². The first-order valence-corrected chi connectivity index (χ1v) is 12.9. The Bertz CT molecular complexity index is 954. The molecular formula is C31H43NO3. The molecule has 0 spiro atoms. The molecule has 0 saturated carbocycles. The standard InChI is InChI=1S/C31H43NO3/c1-22(2)21-30(31(5,6)32)26-13-17-28(18-14-26)35-24(4)33-19-20-34-27-15-11-25(12-16-27)29-10-8-7-9-23(29)3/h7-18,22-24,29-30H,19-21,32H2,1-6H3. The molecule has 1 aliphatic carbocycles. The molecule has 4 nitrogen and oxygen atoms in total. The Balaban J connectivity index is 1.42. The number of rotatable bonds is 12. The molecule has 3 rings (SSSR count). The first-order chi connectivity index (χ1) is 16.6. The maximum atomic E-state index is 6.47. The molecule has 2 aromatic carbocycles. The van der Waals surface area contributed by atoms with Crippen LogP contribution in [0.5, 0.6) is 11.5 Å². The van der Waals surface area contributed by atoms with Gasteiger partial charge in [-0.2, -0.15) is 0 Å². The average Bonchev–Trinajstić information content (AvgIpc) is 2.81. The van der Waals surface area contributed by atoms with E-state index in [1.165, 1.54) is 11.1 Å². The maximum Gasteiger partial charge on any atom is 0.197 e. The van der Waals surface area contributed by atoms with Crippen LogP contribution in [-0.4, -0.2) is 25.0 Å². The van der Waals surface area contributed by atoms with E-state index in [2.05, 4.69) is 83.2 Å². The van der Waals surface area contributed by atoms with Gasteiger partial charge >= 0.3 is 0 Å². The fourth-order valence-electron chi connectivity index (χ4n) is 4.64. The SMILES string of the molecule is CC(C)CC(c1ccc(OC(C)OCCOc2ccc(C3C=CC=CC3C)cc2)cc1)C(C)(C)N. The van der Waals surface area contributed by atoms with Crippen molar-refractivity contribution in [2.75, 3.05) is 13.2 Å². The molecule has 0 saturated heterocycles. The van der Waals surface area contributed by atoms with E-state index in [1.807, 2.05) is 31.2 Å². The van der Waals surface area contributed by atoms with E-state index in [0.29, 0.717) is 36.9 Å². The van der Waals surface area contributed by atoms with Gasteiger partial charge in [0.25, 0.3) is 0 Å². The molecule has 0 aliphatic heterocycles. The minimum Gasteiger partial charge on any atom is -0.491 e. The number of hydrogen-bond acceptors (Lipinski definition) is 4. The van der Waals surface area contributed by atoms with Crippen LogP contribution in [-0.2, 0) is 4.74 Å². The fraction of sp³-hybridized carbons (Fsp3) is 0.484. The van der Waals surface area contributed by atoms with Crippen LogP contribution in [0.2, 0.25) is 0 Å². The lowest BCUT2D eigenvalue weighted by molar-refractivity contribution is -0.0739. The molecule has 2 N–H and O–H groups in total. The van der Waals surface area contributed by atoms with Crippen molar-refractivity contribution in [3.63, 3.8) is 0 Å². The summed E-state index contributed by atoms with van der Waals surface area (Å²) in [7, 11) is 0. The van der Waals surface area contributed by atoms with Gasteiger partial charge in [0.2, 0.25) is 0 Å². The summed E-state index contributed by atoms with van der Waals surface area (Å²) in [6.45, 7) is 13.7. The van der Waals surface area contributed by atoms with E-state index >= 15 is 0 Å². The van der Waals surface area contributed by atoms with Gasteiger partial charge in [-0.25, -0.2) is 0 Å². The molecule has 4 unspecified atom stereocenters. The highest BCUT2D eigenvalue weighted by molar-refractivity contribution is 5.35. The summed E-state index contributed by atoms with van der Waals surface area (Å²) in [4.78, 5) is 0. The van der Waals surface area contributed by atoms with Gasteiger partial charge in [-0.3, -0.25) is 0 Å². The van der Waals surface area contributed by atoms with Crippen LogP contribution in [0.25, 0.3) is 0 Å². The van der Waals surface area contributed by atoms with E-state index < -0.39 is 0 Å². The molecule has 4 heteroatoms. The number of hydrogen-bond donors (Lipinski definition) is 1. The van der Waals surface area contributed by atoms with Crippen LogP contribution in [0.3, 0.4) is 0 Å². The van der Waals surface area contributed by atoms with E-state index in [1.54, 1.807) is 0 Å². The molecule has 1 aliphatic rings. The number of benzene rings is 2. The van der Waals surface area contributed by atoms with Crippen LogP contribution < -0.4 is 15.2 Å². The second-order valence-electron chi connectivity index (χ2n) is 10.7. The molecule has 2 aromatic rings. The lowest BCUT2D eigenvalue weighted by Crippen LogP contribution is -2.39. The first kappa shape index (κ1) is 27.0. The first-order valence-electron chi connectivity index (χ1n) is 12.9.